The van der Waals surface area contributed by atoms with Gasteiger partial charge in [0.25, 0.3) is 5.91 Å². The lowest BCUT2D eigenvalue weighted by Gasteiger charge is -2.19. The Bertz CT molecular complexity index is 1410. The van der Waals surface area contributed by atoms with Crippen LogP contribution in [0.5, 0.6) is 0 Å². The Morgan fingerprint density at radius 1 is 1.12 bits per heavy atom. The molecule has 40 heavy (non-hydrogen) atoms. The number of Topliss-reactive ketones (excluding diaryl/α,β-unsaturated/α-hetero) is 1. The highest BCUT2D eigenvalue weighted by Gasteiger charge is 2.31. The molecule has 2 aromatic carbocycles. The van der Waals surface area contributed by atoms with Crippen LogP contribution in [0.4, 0.5) is 11.5 Å². The fourth-order valence-corrected chi connectivity index (χ4v) is 5.03. The average molecular weight is 543 g/mol. The summed E-state index contributed by atoms with van der Waals surface area (Å²) in [6.07, 6.45) is 2.76. The zero-order valence-electron chi connectivity index (χ0n) is 22.9. The van der Waals surface area contributed by atoms with Crippen LogP contribution in [0.3, 0.4) is 0 Å². The first-order valence-corrected chi connectivity index (χ1v) is 13.4. The first kappa shape index (κ1) is 28.5. The number of aliphatic carboxylic acids is 1. The van der Waals surface area contributed by atoms with Crippen molar-refractivity contribution in [3.63, 3.8) is 0 Å². The van der Waals surface area contributed by atoms with Gasteiger partial charge in [-0.3, -0.25) is 14.4 Å². The molecule has 2 amide bonds. The van der Waals surface area contributed by atoms with Crippen LogP contribution < -0.4 is 15.5 Å². The molecule has 1 saturated heterocycles. The highest BCUT2D eigenvalue weighted by atomic mass is 16.4. The van der Waals surface area contributed by atoms with Crippen molar-refractivity contribution in [1.82, 2.24) is 10.3 Å². The molecule has 9 heteroatoms. The van der Waals surface area contributed by atoms with Gasteiger partial charge in [-0.1, -0.05) is 25.1 Å². The number of ketones is 1. The molecular formula is C31H34N4O5. The fourth-order valence-electron chi connectivity index (χ4n) is 5.03. The Balaban J connectivity index is 1.40. The number of benzene rings is 2. The zero-order chi connectivity index (χ0) is 28.8. The van der Waals surface area contributed by atoms with Crippen molar-refractivity contribution in [3.05, 3.63) is 88.6 Å². The summed E-state index contributed by atoms with van der Waals surface area (Å²) in [7, 11) is 0. The monoisotopic (exact) mass is 542 g/mol. The maximum atomic E-state index is 13.2. The number of rotatable bonds is 11. The minimum Gasteiger partial charge on any atom is -0.480 e. The molecule has 1 aromatic heterocycles. The van der Waals surface area contributed by atoms with E-state index < -0.39 is 17.9 Å². The van der Waals surface area contributed by atoms with E-state index in [1.807, 2.05) is 37.3 Å². The second kappa shape index (κ2) is 12.5. The van der Waals surface area contributed by atoms with E-state index in [9.17, 15) is 24.3 Å². The molecular weight excluding hydrogens is 508 g/mol. The third kappa shape index (κ3) is 6.72. The van der Waals surface area contributed by atoms with Gasteiger partial charge in [0.05, 0.1) is 0 Å². The van der Waals surface area contributed by atoms with E-state index in [1.54, 1.807) is 42.3 Å². The Kier molecular flexibility index (Phi) is 8.93. The van der Waals surface area contributed by atoms with Gasteiger partial charge in [-0.25, -0.2) is 9.78 Å². The predicted octanol–water partition coefficient (Wildman–Crippen LogP) is 4.05. The molecule has 0 bridgehead atoms. The van der Waals surface area contributed by atoms with E-state index in [4.69, 9.17) is 0 Å². The van der Waals surface area contributed by atoms with Crippen molar-refractivity contribution < 1.29 is 24.3 Å². The van der Waals surface area contributed by atoms with Crippen molar-refractivity contribution in [1.29, 1.82) is 0 Å². The van der Waals surface area contributed by atoms with E-state index in [0.29, 0.717) is 48.2 Å². The number of carbonyl (C=O) groups excluding carboxylic acids is 3. The van der Waals surface area contributed by atoms with Gasteiger partial charge in [-0.2, -0.15) is 0 Å². The molecule has 1 aliphatic rings. The Labute approximate surface area is 233 Å². The summed E-state index contributed by atoms with van der Waals surface area (Å²) in [6.45, 7) is 6.31. The molecule has 0 aliphatic carbocycles. The largest absolute Gasteiger partial charge is 0.480 e. The maximum absolute atomic E-state index is 13.2. The Morgan fingerprint density at radius 2 is 1.88 bits per heavy atom. The topological polar surface area (TPSA) is 129 Å². The quantitative estimate of drug-likeness (QED) is 0.312. The normalized spacial score (nSPS) is 15.5. The zero-order valence-corrected chi connectivity index (χ0v) is 22.9. The molecule has 1 fully saturated rings. The number of carboxylic acids is 1. The lowest BCUT2D eigenvalue weighted by Crippen LogP contribution is -2.42. The molecule has 208 valence electrons. The number of aryl methyl sites for hydroxylation is 2. The number of pyridine rings is 1. The molecule has 4 rings (SSSR count). The third-order valence-electron chi connectivity index (χ3n) is 7.16. The highest BCUT2D eigenvalue weighted by Crippen LogP contribution is 2.26. The molecule has 3 aromatic rings. The molecule has 9 nitrogen and oxygen atoms in total. The van der Waals surface area contributed by atoms with Gasteiger partial charge in [0.2, 0.25) is 5.91 Å². The van der Waals surface area contributed by atoms with Gasteiger partial charge in [0.15, 0.2) is 5.78 Å². The number of nitrogens with one attached hydrogen (secondary N) is 2. The standard InChI is InChI=1S/C31H34N4O5/c1-4-23-16-24(20(3)36)13-19(2)29(23)30(38)34-26(31(39)40)14-21-8-10-25(11-9-21)35-18-22(15-28(35)37)17-33-27-7-5-6-12-32-27/h5-13,16,22,26H,4,14-15,17-18H2,1-3H3,(H,32,33)(H,34,38)(H,39,40). The predicted molar refractivity (Wildman–Crippen MR) is 153 cm³/mol. The van der Waals surface area contributed by atoms with E-state index in [-0.39, 0.29) is 24.0 Å². The van der Waals surface area contributed by atoms with Crippen LogP contribution in [0.25, 0.3) is 0 Å². The first-order valence-electron chi connectivity index (χ1n) is 13.4. The third-order valence-corrected chi connectivity index (χ3v) is 7.16. The van der Waals surface area contributed by atoms with Crippen molar-refractivity contribution in [2.24, 2.45) is 5.92 Å². The minimum absolute atomic E-state index is 0.0362. The SMILES string of the molecule is CCc1cc(C(C)=O)cc(C)c1C(=O)NC(Cc1ccc(N2CC(CNc3ccccn3)CC2=O)cc1)C(=O)O. The van der Waals surface area contributed by atoms with Crippen LogP contribution in [-0.4, -0.2) is 52.8 Å². The van der Waals surface area contributed by atoms with Crippen LogP contribution in [0.2, 0.25) is 0 Å². The van der Waals surface area contributed by atoms with E-state index in [2.05, 4.69) is 15.6 Å². The number of hydrogen-bond donors (Lipinski definition) is 3. The van der Waals surface area contributed by atoms with Gasteiger partial charge in [0, 0.05) is 54.9 Å². The first-order chi connectivity index (χ1) is 19.2. The van der Waals surface area contributed by atoms with Gasteiger partial charge < -0.3 is 20.6 Å². The summed E-state index contributed by atoms with van der Waals surface area (Å²) in [6, 6.07) is 15.0. The van der Waals surface area contributed by atoms with Gasteiger partial charge in [-0.05, 0) is 73.4 Å². The van der Waals surface area contributed by atoms with Crippen LogP contribution in [-0.2, 0) is 22.4 Å². The van der Waals surface area contributed by atoms with Crippen LogP contribution >= 0.6 is 0 Å². The van der Waals surface area contributed by atoms with Crippen molar-refractivity contribution in [3.8, 4) is 0 Å². The fraction of sp³-hybridized carbons (Fsp3) is 0.323. The molecule has 0 radical (unpaired) electrons. The minimum atomic E-state index is -1.15. The van der Waals surface area contributed by atoms with E-state index in [1.165, 1.54) is 6.92 Å². The Morgan fingerprint density at radius 3 is 2.50 bits per heavy atom. The van der Waals surface area contributed by atoms with Gasteiger partial charge in [-0.15, -0.1) is 0 Å². The van der Waals surface area contributed by atoms with Crippen molar-refractivity contribution in [2.75, 3.05) is 23.3 Å². The number of anilines is 2. The van der Waals surface area contributed by atoms with Crippen LogP contribution in [0.1, 0.15) is 57.7 Å². The molecule has 2 atom stereocenters. The van der Waals surface area contributed by atoms with Gasteiger partial charge >= 0.3 is 5.97 Å². The summed E-state index contributed by atoms with van der Waals surface area (Å²) in [5.74, 6) is -0.778. The molecule has 1 aliphatic heterocycles. The lowest BCUT2D eigenvalue weighted by atomic mass is 9.94. The molecule has 2 unspecified atom stereocenters. The second-order valence-corrected chi connectivity index (χ2v) is 10.1. The number of amides is 2. The number of nitrogens with zero attached hydrogens (tertiary/aromatic N) is 2. The number of carboxylic acid groups (broad SMARTS) is 1. The summed E-state index contributed by atoms with van der Waals surface area (Å²) in [4.78, 5) is 55.7. The summed E-state index contributed by atoms with van der Waals surface area (Å²) in [5, 5.41) is 15.8. The van der Waals surface area contributed by atoms with E-state index >= 15 is 0 Å². The van der Waals surface area contributed by atoms with Crippen molar-refractivity contribution >= 4 is 35.1 Å². The summed E-state index contributed by atoms with van der Waals surface area (Å²) < 4.78 is 0. The molecule has 2 heterocycles. The number of aromatic nitrogens is 1. The Hall–Kier alpha value is -4.53. The summed E-state index contributed by atoms with van der Waals surface area (Å²) in [5.41, 5.74) is 3.70. The van der Waals surface area contributed by atoms with Gasteiger partial charge in [0.1, 0.15) is 11.9 Å². The molecule has 0 spiro atoms. The molecule has 0 saturated carbocycles. The number of carbonyl (C=O) groups is 4. The summed E-state index contributed by atoms with van der Waals surface area (Å²) >= 11 is 0. The average Bonchev–Trinajstić information content (AvgIpc) is 3.32. The maximum Gasteiger partial charge on any atom is 0.326 e. The lowest BCUT2D eigenvalue weighted by molar-refractivity contribution is -0.139. The van der Waals surface area contributed by atoms with Crippen LogP contribution in [0.15, 0.2) is 60.8 Å². The second-order valence-electron chi connectivity index (χ2n) is 10.1. The number of hydrogen-bond acceptors (Lipinski definition) is 6. The van der Waals surface area contributed by atoms with Crippen LogP contribution in [0, 0.1) is 12.8 Å². The van der Waals surface area contributed by atoms with Crippen molar-refractivity contribution in [2.45, 2.75) is 46.1 Å². The molecule has 3 N–H and O–H groups in total. The highest BCUT2D eigenvalue weighted by molar-refractivity contribution is 6.01. The van der Waals surface area contributed by atoms with E-state index in [0.717, 1.165) is 17.1 Å². The smallest absolute Gasteiger partial charge is 0.326 e.